The smallest absolute Gasteiger partial charge is 0.318 e. The summed E-state index contributed by atoms with van der Waals surface area (Å²) >= 11 is 1.47. The molecule has 4 nitrogen and oxygen atoms in total. The molecule has 0 radical (unpaired) electrons. The van der Waals surface area contributed by atoms with E-state index in [1.807, 2.05) is 18.2 Å². The number of carbonyl (C=O) groups is 2. The van der Waals surface area contributed by atoms with Crippen molar-refractivity contribution in [1.29, 1.82) is 0 Å². The number of thioether (sulfide) groups is 1. The summed E-state index contributed by atoms with van der Waals surface area (Å²) in [6.07, 6.45) is 0.179. The molecule has 1 aromatic carbocycles. The number of rotatable bonds is 3. The van der Waals surface area contributed by atoms with Crippen LogP contribution in [0.1, 0.15) is 6.42 Å². The van der Waals surface area contributed by atoms with Crippen LogP contribution in [0.5, 0.6) is 0 Å². The van der Waals surface area contributed by atoms with E-state index in [9.17, 15) is 9.59 Å². The van der Waals surface area contributed by atoms with Crippen LogP contribution in [-0.4, -0.2) is 17.7 Å². The Morgan fingerprint density at radius 3 is 2.75 bits per heavy atom. The van der Waals surface area contributed by atoms with Crippen LogP contribution in [0.15, 0.2) is 29.2 Å². The van der Waals surface area contributed by atoms with Crippen molar-refractivity contribution in [3.63, 3.8) is 0 Å². The first kappa shape index (κ1) is 11.0. The Morgan fingerprint density at radius 1 is 1.38 bits per heavy atom. The Kier molecular flexibility index (Phi) is 3.14. The molecule has 0 spiro atoms. The molecule has 5 heteroatoms. The third kappa shape index (κ3) is 2.36. The predicted molar refractivity (Wildman–Crippen MR) is 60.8 cm³/mol. The van der Waals surface area contributed by atoms with Gasteiger partial charge in [0.2, 0.25) is 0 Å². The molecule has 1 aromatic rings. The van der Waals surface area contributed by atoms with E-state index in [4.69, 9.17) is 5.73 Å². The first-order chi connectivity index (χ1) is 7.66. The fraction of sp³-hybridized carbons (Fsp3) is 0.273. The standard InChI is InChI=1S/C11H11NO3S/c12-8-3-1-2-4-9(8)16-6-7-5-10(13)15-11(7)14/h1-4,7H,5-6,12H2. The molecule has 2 N–H and O–H groups in total. The van der Waals surface area contributed by atoms with Gasteiger partial charge in [0.05, 0.1) is 12.3 Å². The predicted octanol–water partition coefficient (Wildman–Crippen LogP) is 1.45. The second-order valence-corrected chi connectivity index (χ2v) is 4.60. The van der Waals surface area contributed by atoms with E-state index >= 15 is 0 Å². The Labute approximate surface area is 97.1 Å². The van der Waals surface area contributed by atoms with Crippen molar-refractivity contribution in [2.75, 3.05) is 11.5 Å². The van der Waals surface area contributed by atoms with E-state index in [1.165, 1.54) is 11.8 Å². The highest BCUT2D eigenvalue weighted by Gasteiger charge is 2.33. The highest BCUT2D eigenvalue weighted by atomic mass is 32.2. The molecule has 1 heterocycles. The minimum atomic E-state index is -0.434. The number of para-hydroxylation sites is 1. The molecule has 0 amide bonds. The van der Waals surface area contributed by atoms with Crippen LogP contribution in [0, 0.1) is 5.92 Å². The summed E-state index contributed by atoms with van der Waals surface area (Å²) in [5.74, 6) is -0.667. The van der Waals surface area contributed by atoms with Crippen molar-refractivity contribution in [1.82, 2.24) is 0 Å². The van der Waals surface area contributed by atoms with Crippen molar-refractivity contribution >= 4 is 29.4 Å². The zero-order chi connectivity index (χ0) is 11.5. The largest absolute Gasteiger partial charge is 0.398 e. The van der Waals surface area contributed by atoms with E-state index in [2.05, 4.69) is 4.74 Å². The average molecular weight is 237 g/mol. The summed E-state index contributed by atoms with van der Waals surface area (Å²) < 4.78 is 4.47. The molecular weight excluding hydrogens is 226 g/mol. The van der Waals surface area contributed by atoms with Gasteiger partial charge in [0.1, 0.15) is 0 Å². The number of cyclic esters (lactones) is 2. The van der Waals surface area contributed by atoms with E-state index in [-0.39, 0.29) is 12.3 Å². The van der Waals surface area contributed by atoms with Crippen LogP contribution in [0.4, 0.5) is 5.69 Å². The minimum absolute atomic E-state index is 0.179. The molecule has 84 valence electrons. The van der Waals surface area contributed by atoms with Crippen molar-refractivity contribution in [2.45, 2.75) is 11.3 Å². The van der Waals surface area contributed by atoms with Crippen molar-refractivity contribution in [3.8, 4) is 0 Å². The third-order valence-electron chi connectivity index (χ3n) is 2.32. The number of ether oxygens (including phenoxy) is 1. The number of nitrogens with two attached hydrogens (primary N) is 1. The molecule has 1 saturated heterocycles. The zero-order valence-corrected chi connectivity index (χ0v) is 9.33. The number of carbonyl (C=O) groups excluding carboxylic acids is 2. The van der Waals surface area contributed by atoms with E-state index in [0.29, 0.717) is 11.4 Å². The lowest BCUT2D eigenvalue weighted by Gasteiger charge is -2.06. The molecule has 2 rings (SSSR count). The number of hydrogen-bond acceptors (Lipinski definition) is 5. The third-order valence-corrected chi connectivity index (χ3v) is 3.57. The van der Waals surface area contributed by atoms with E-state index in [1.54, 1.807) is 6.07 Å². The van der Waals surface area contributed by atoms with Gasteiger partial charge in [-0.25, -0.2) is 0 Å². The van der Waals surface area contributed by atoms with E-state index in [0.717, 1.165) is 4.90 Å². The van der Waals surface area contributed by atoms with Crippen molar-refractivity contribution in [2.24, 2.45) is 5.92 Å². The molecule has 1 fully saturated rings. The zero-order valence-electron chi connectivity index (χ0n) is 8.51. The topological polar surface area (TPSA) is 69.4 Å². The minimum Gasteiger partial charge on any atom is -0.398 e. The second-order valence-electron chi connectivity index (χ2n) is 3.54. The van der Waals surface area contributed by atoms with Gasteiger partial charge in [-0.2, -0.15) is 0 Å². The Bertz CT molecular complexity index is 433. The lowest BCUT2D eigenvalue weighted by Crippen LogP contribution is -2.10. The fourth-order valence-corrected chi connectivity index (χ4v) is 2.50. The number of hydrogen-bond donors (Lipinski definition) is 1. The molecule has 1 aliphatic rings. The van der Waals surface area contributed by atoms with Gasteiger partial charge in [-0.15, -0.1) is 11.8 Å². The summed E-state index contributed by atoms with van der Waals surface area (Å²) in [6, 6.07) is 7.44. The summed E-state index contributed by atoms with van der Waals surface area (Å²) in [5.41, 5.74) is 6.45. The Balaban J connectivity index is 1.95. The molecule has 0 bridgehead atoms. The van der Waals surface area contributed by atoms with Gasteiger partial charge in [0, 0.05) is 16.3 Å². The number of anilines is 1. The van der Waals surface area contributed by atoms with E-state index < -0.39 is 11.9 Å². The number of esters is 2. The lowest BCUT2D eigenvalue weighted by molar-refractivity contribution is -0.152. The second kappa shape index (κ2) is 4.57. The molecule has 0 aromatic heterocycles. The highest BCUT2D eigenvalue weighted by Crippen LogP contribution is 2.29. The van der Waals surface area contributed by atoms with Crippen LogP contribution >= 0.6 is 11.8 Å². The van der Waals surface area contributed by atoms with Gasteiger partial charge >= 0.3 is 11.9 Å². The van der Waals surface area contributed by atoms with Crippen molar-refractivity contribution in [3.05, 3.63) is 24.3 Å². The average Bonchev–Trinajstić information content (AvgIpc) is 2.56. The van der Waals surface area contributed by atoms with Gasteiger partial charge in [-0.1, -0.05) is 12.1 Å². The maximum absolute atomic E-state index is 11.2. The Hall–Kier alpha value is -1.49. The summed E-state index contributed by atoms with van der Waals surface area (Å²) in [4.78, 5) is 23.0. The van der Waals surface area contributed by atoms with Crippen LogP contribution in [0.2, 0.25) is 0 Å². The van der Waals surface area contributed by atoms with Gasteiger partial charge in [-0.05, 0) is 12.1 Å². The molecule has 1 unspecified atom stereocenters. The first-order valence-corrected chi connectivity index (χ1v) is 5.87. The summed E-state index contributed by atoms with van der Waals surface area (Å²) in [6.45, 7) is 0. The maximum Gasteiger partial charge on any atom is 0.318 e. The molecule has 1 aliphatic heterocycles. The summed E-state index contributed by atoms with van der Waals surface area (Å²) in [5, 5.41) is 0. The van der Waals surface area contributed by atoms with Gasteiger partial charge < -0.3 is 10.5 Å². The SMILES string of the molecule is Nc1ccccc1SCC1CC(=O)OC1=O. The number of nitrogen functional groups attached to an aromatic ring is 1. The molecule has 0 saturated carbocycles. The van der Waals surface area contributed by atoms with Crippen LogP contribution in [0.3, 0.4) is 0 Å². The van der Waals surface area contributed by atoms with Crippen LogP contribution in [-0.2, 0) is 14.3 Å². The van der Waals surface area contributed by atoms with Crippen molar-refractivity contribution < 1.29 is 14.3 Å². The molecule has 1 atom stereocenters. The quantitative estimate of drug-likeness (QED) is 0.373. The maximum atomic E-state index is 11.2. The van der Waals surface area contributed by atoms with Crippen LogP contribution < -0.4 is 5.73 Å². The highest BCUT2D eigenvalue weighted by molar-refractivity contribution is 7.99. The molecule has 16 heavy (non-hydrogen) atoms. The fourth-order valence-electron chi connectivity index (χ4n) is 1.45. The molecule has 0 aliphatic carbocycles. The van der Waals surface area contributed by atoms with Gasteiger partial charge in [0.15, 0.2) is 0 Å². The lowest BCUT2D eigenvalue weighted by atomic mass is 10.1. The van der Waals surface area contributed by atoms with Crippen LogP contribution in [0.25, 0.3) is 0 Å². The van der Waals surface area contributed by atoms with Gasteiger partial charge in [-0.3, -0.25) is 9.59 Å². The number of benzene rings is 1. The van der Waals surface area contributed by atoms with Gasteiger partial charge in [0.25, 0.3) is 0 Å². The Morgan fingerprint density at radius 2 is 2.12 bits per heavy atom. The summed E-state index contributed by atoms with van der Waals surface area (Å²) in [7, 11) is 0. The normalized spacial score (nSPS) is 19.9. The molecular formula is C11H11NO3S. The monoisotopic (exact) mass is 237 g/mol. The first-order valence-electron chi connectivity index (χ1n) is 4.88.